The maximum atomic E-state index is 11.2. The average Bonchev–Trinajstić information content (AvgIpc) is 2.77. The standard InChI is InChI=1S/C11H10N2O2S/c1-15-11(14)10-13-9(6-16-10)7-3-2-4-8(12)5-7/h2-6H,12H2,1H3. The Hall–Kier alpha value is -1.88. The van der Waals surface area contributed by atoms with Gasteiger partial charge >= 0.3 is 5.97 Å². The number of carbonyl (C=O) groups excluding carboxylic acids is 1. The molecular formula is C11H10N2O2S. The van der Waals surface area contributed by atoms with Gasteiger partial charge in [-0.3, -0.25) is 0 Å². The fourth-order valence-corrected chi connectivity index (χ4v) is 2.03. The van der Waals surface area contributed by atoms with Crippen LogP contribution in [0.25, 0.3) is 11.3 Å². The van der Waals surface area contributed by atoms with Gasteiger partial charge in [-0.25, -0.2) is 9.78 Å². The van der Waals surface area contributed by atoms with Crippen LogP contribution < -0.4 is 5.73 Å². The Morgan fingerprint density at radius 1 is 1.50 bits per heavy atom. The van der Waals surface area contributed by atoms with Gasteiger partial charge in [0.2, 0.25) is 5.01 Å². The smallest absolute Gasteiger partial charge is 0.367 e. The van der Waals surface area contributed by atoms with E-state index in [0.29, 0.717) is 10.7 Å². The van der Waals surface area contributed by atoms with Crippen LogP contribution in [0.4, 0.5) is 5.69 Å². The zero-order chi connectivity index (χ0) is 11.5. The van der Waals surface area contributed by atoms with Crippen molar-refractivity contribution in [3.8, 4) is 11.3 Å². The van der Waals surface area contributed by atoms with Crippen LogP contribution in [-0.2, 0) is 4.74 Å². The molecule has 0 bridgehead atoms. The first-order valence-electron chi connectivity index (χ1n) is 4.60. The number of rotatable bonds is 2. The van der Waals surface area contributed by atoms with E-state index < -0.39 is 5.97 Å². The van der Waals surface area contributed by atoms with Crippen LogP contribution in [0.15, 0.2) is 29.6 Å². The third kappa shape index (κ3) is 2.04. The zero-order valence-electron chi connectivity index (χ0n) is 8.64. The maximum absolute atomic E-state index is 11.2. The van der Waals surface area contributed by atoms with Crippen LogP contribution in [-0.4, -0.2) is 18.1 Å². The summed E-state index contributed by atoms with van der Waals surface area (Å²) in [4.78, 5) is 15.4. The normalized spacial score (nSPS) is 10.1. The summed E-state index contributed by atoms with van der Waals surface area (Å²) in [7, 11) is 1.34. The number of carbonyl (C=O) groups is 1. The second-order valence-corrected chi connectivity index (χ2v) is 4.01. The predicted octanol–water partition coefficient (Wildman–Crippen LogP) is 2.18. The molecule has 4 nitrogen and oxygen atoms in total. The highest BCUT2D eigenvalue weighted by Crippen LogP contribution is 2.23. The molecule has 82 valence electrons. The van der Waals surface area contributed by atoms with Crippen molar-refractivity contribution in [2.24, 2.45) is 0 Å². The number of ether oxygens (including phenoxy) is 1. The highest BCUT2D eigenvalue weighted by molar-refractivity contribution is 7.11. The topological polar surface area (TPSA) is 65.2 Å². The highest BCUT2D eigenvalue weighted by Gasteiger charge is 2.11. The van der Waals surface area contributed by atoms with Crippen molar-refractivity contribution in [1.82, 2.24) is 4.98 Å². The molecule has 2 rings (SSSR count). The zero-order valence-corrected chi connectivity index (χ0v) is 9.45. The lowest BCUT2D eigenvalue weighted by molar-refractivity contribution is 0.0600. The van der Waals surface area contributed by atoms with E-state index >= 15 is 0 Å². The van der Waals surface area contributed by atoms with Gasteiger partial charge in [-0.2, -0.15) is 0 Å². The lowest BCUT2D eigenvalue weighted by Gasteiger charge is -1.97. The van der Waals surface area contributed by atoms with E-state index in [9.17, 15) is 4.79 Å². The largest absolute Gasteiger partial charge is 0.464 e. The molecule has 1 aromatic carbocycles. The van der Waals surface area contributed by atoms with Crippen LogP contribution in [0, 0.1) is 0 Å². The summed E-state index contributed by atoms with van der Waals surface area (Å²) in [6.45, 7) is 0. The number of nitrogens with zero attached hydrogens (tertiary/aromatic N) is 1. The fraction of sp³-hybridized carbons (Fsp3) is 0.0909. The number of hydrogen-bond donors (Lipinski definition) is 1. The van der Waals surface area contributed by atoms with E-state index in [1.54, 1.807) is 11.4 Å². The molecule has 0 radical (unpaired) electrons. The first-order valence-corrected chi connectivity index (χ1v) is 5.48. The van der Waals surface area contributed by atoms with Crippen LogP contribution in [0.3, 0.4) is 0 Å². The number of esters is 1. The number of thiazole rings is 1. The molecule has 16 heavy (non-hydrogen) atoms. The predicted molar refractivity (Wildman–Crippen MR) is 63.3 cm³/mol. The monoisotopic (exact) mass is 234 g/mol. The minimum atomic E-state index is -0.417. The lowest BCUT2D eigenvalue weighted by atomic mass is 10.1. The number of hydrogen-bond acceptors (Lipinski definition) is 5. The van der Waals surface area contributed by atoms with Crippen molar-refractivity contribution >= 4 is 23.0 Å². The number of anilines is 1. The minimum Gasteiger partial charge on any atom is -0.464 e. The van der Waals surface area contributed by atoms with Crippen molar-refractivity contribution in [1.29, 1.82) is 0 Å². The first kappa shape index (κ1) is 10.6. The Morgan fingerprint density at radius 3 is 3.00 bits per heavy atom. The Labute approximate surface area is 96.7 Å². The van der Waals surface area contributed by atoms with Gasteiger partial charge in [-0.15, -0.1) is 11.3 Å². The lowest BCUT2D eigenvalue weighted by Crippen LogP contribution is -1.99. The summed E-state index contributed by atoms with van der Waals surface area (Å²) in [5.41, 5.74) is 7.97. The molecule has 0 aliphatic rings. The summed E-state index contributed by atoms with van der Waals surface area (Å²) < 4.78 is 4.59. The van der Waals surface area contributed by atoms with Crippen molar-refractivity contribution in [3.05, 3.63) is 34.7 Å². The molecule has 0 unspecified atom stereocenters. The van der Waals surface area contributed by atoms with Gasteiger partial charge < -0.3 is 10.5 Å². The first-order chi connectivity index (χ1) is 7.70. The van der Waals surface area contributed by atoms with Gasteiger partial charge in [0.1, 0.15) is 0 Å². The molecule has 1 aromatic heterocycles. The van der Waals surface area contributed by atoms with E-state index in [-0.39, 0.29) is 0 Å². The van der Waals surface area contributed by atoms with Gasteiger partial charge in [0.25, 0.3) is 0 Å². The van der Waals surface area contributed by atoms with E-state index in [1.807, 2.05) is 18.2 Å². The van der Waals surface area contributed by atoms with Gasteiger partial charge in [0.05, 0.1) is 12.8 Å². The maximum Gasteiger partial charge on any atom is 0.367 e. The second-order valence-electron chi connectivity index (χ2n) is 3.15. The third-order valence-electron chi connectivity index (χ3n) is 2.05. The quantitative estimate of drug-likeness (QED) is 0.639. The van der Waals surface area contributed by atoms with Crippen LogP contribution in [0.5, 0.6) is 0 Å². The van der Waals surface area contributed by atoms with Gasteiger partial charge in [-0.05, 0) is 12.1 Å². The Morgan fingerprint density at radius 2 is 2.31 bits per heavy atom. The average molecular weight is 234 g/mol. The molecule has 1 heterocycles. The van der Waals surface area contributed by atoms with Gasteiger partial charge in [0, 0.05) is 16.6 Å². The van der Waals surface area contributed by atoms with Crippen molar-refractivity contribution in [2.75, 3.05) is 12.8 Å². The van der Waals surface area contributed by atoms with E-state index in [0.717, 1.165) is 11.3 Å². The number of benzene rings is 1. The van der Waals surface area contributed by atoms with Crippen molar-refractivity contribution in [2.45, 2.75) is 0 Å². The molecule has 0 aliphatic carbocycles. The van der Waals surface area contributed by atoms with Gasteiger partial charge in [-0.1, -0.05) is 12.1 Å². The molecule has 0 saturated carbocycles. The molecule has 2 aromatic rings. The molecule has 0 amide bonds. The highest BCUT2D eigenvalue weighted by atomic mass is 32.1. The third-order valence-corrected chi connectivity index (χ3v) is 2.87. The van der Waals surface area contributed by atoms with E-state index in [2.05, 4.69) is 9.72 Å². The Bertz CT molecular complexity index is 522. The minimum absolute atomic E-state index is 0.347. The molecule has 0 fully saturated rings. The number of nitrogens with two attached hydrogens (primary N) is 1. The summed E-state index contributed by atoms with van der Waals surface area (Å²) in [5, 5.41) is 2.15. The van der Waals surface area contributed by atoms with Crippen LogP contribution >= 0.6 is 11.3 Å². The van der Waals surface area contributed by atoms with Crippen molar-refractivity contribution in [3.63, 3.8) is 0 Å². The molecule has 2 N–H and O–H groups in total. The van der Waals surface area contributed by atoms with Crippen LogP contribution in [0.1, 0.15) is 9.80 Å². The van der Waals surface area contributed by atoms with E-state index in [1.165, 1.54) is 18.4 Å². The molecular weight excluding hydrogens is 224 g/mol. The number of aromatic nitrogens is 1. The van der Waals surface area contributed by atoms with Crippen molar-refractivity contribution < 1.29 is 9.53 Å². The Kier molecular flexibility index (Phi) is 2.87. The number of methoxy groups -OCH3 is 1. The summed E-state index contributed by atoms with van der Waals surface area (Å²) in [5.74, 6) is -0.417. The molecule has 0 atom stereocenters. The molecule has 0 saturated heterocycles. The number of nitrogen functional groups attached to an aromatic ring is 1. The fourth-order valence-electron chi connectivity index (χ4n) is 1.29. The molecule has 5 heteroatoms. The Balaban J connectivity index is 2.35. The summed E-state index contributed by atoms with van der Waals surface area (Å²) in [6, 6.07) is 7.36. The van der Waals surface area contributed by atoms with Crippen LogP contribution in [0.2, 0.25) is 0 Å². The second kappa shape index (κ2) is 4.32. The van der Waals surface area contributed by atoms with Gasteiger partial charge in [0.15, 0.2) is 0 Å². The SMILES string of the molecule is COC(=O)c1nc(-c2cccc(N)c2)cs1. The molecule has 0 spiro atoms. The summed E-state index contributed by atoms with van der Waals surface area (Å²) in [6.07, 6.45) is 0. The summed E-state index contributed by atoms with van der Waals surface area (Å²) >= 11 is 1.26. The molecule has 0 aliphatic heterocycles. The van der Waals surface area contributed by atoms with E-state index in [4.69, 9.17) is 5.73 Å².